The van der Waals surface area contributed by atoms with Crippen LogP contribution in [0.1, 0.15) is 24.0 Å². The Morgan fingerprint density at radius 1 is 1.05 bits per heavy atom. The van der Waals surface area contributed by atoms with E-state index in [1.165, 1.54) is 11.6 Å². The van der Waals surface area contributed by atoms with Crippen LogP contribution in [0.2, 0.25) is 0 Å². The van der Waals surface area contributed by atoms with Crippen LogP contribution in [0.15, 0.2) is 48.5 Å². The van der Waals surface area contributed by atoms with E-state index in [2.05, 4.69) is 0 Å². The number of halogens is 1. The first-order valence-electron chi connectivity index (χ1n) is 7.29. The molecule has 1 fully saturated rings. The SMILES string of the molecule is Cc1ccc(OC2CC(OCc3ccccc3)C2)c(F)c1. The topological polar surface area (TPSA) is 18.5 Å². The molecule has 2 aromatic rings. The van der Waals surface area contributed by atoms with Crippen LogP contribution >= 0.6 is 0 Å². The molecule has 3 heteroatoms. The summed E-state index contributed by atoms with van der Waals surface area (Å²) in [4.78, 5) is 0. The molecule has 0 saturated heterocycles. The maximum absolute atomic E-state index is 13.7. The molecular weight excluding hydrogens is 267 g/mol. The third kappa shape index (κ3) is 3.61. The third-order valence-electron chi connectivity index (χ3n) is 3.76. The summed E-state index contributed by atoms with van der Waals surface area (Å²) in [5.74, 6) is 0.0516. The molecule has 3 rings (SSSR count). The van der Waals surface area contributed by atoms with Gasteiger partial charge < -0.3 is 9.47 Å². The van der Waals surface area contributed by atoms with Crippen LogP contribution in [-0.2, 0) is 11.3 Å². The molecule has 0 aromatic heterocycles. The van der Waals surface area contributed by atoms with Gasteiger partial charge in [-0.1, -0.05) is 36.4 Å². The monoisotopic (exact) mass is 286 g/mol. The minimum Gasteiger partial charge on any atom is -0.487 e. The fourth-order valence-corrected chi connectivity index (χ4v) is 2.42. The molecule has 0 aliphatic heterocycles. The van der Waals surface area contributed by atoms with Gasteiger partial charge in [-0.3, -0.25) is 0 Å². The molecule has 1 saturated carbocycles. The van der Waals surface area contributed by atoms with Gasteiger partial charge in [0.25, 0.3) is 0 Å². The lowest BCUT2D eigenvalue weighted by Crippen LogP contribution is -2.39. The Morgan fingerprint density at radius 3 is 2.52 bits per heavy atom. The predicted octanol–water partition coefficient (Wildman–Crippen LogP) is 4.26. The van der Waals surface area contributed by atoms with E-state index in [0.29, 0.717) is 12.4 Å². The lowest BCUT2D eigenvalue weighted by atomic mass is 9.92. The van der Waals surface area contributed by atoms with Gasteiger partial charge in [0, 0.05) is 12.8 Å². The Balaban J connectivity index is 1.43. The summed E-state index contributed by atoms with van der Waals surface area (Å²) in [7, 11) is 0. The smallest absolute Gasteiger partial charge is 0.165 e. The van der Waals surface area contributed by atoms with Crippen LogP contribution in [0.3, 0.4) is 0 Å². The highest BCUT2D eigenvalue weighted by Gasteiger charge is 2.32. The zero-order valence-electron chi connectivity index (χ0n) is 12.1. The molecule has 21 heavy (non-hydrogen) atoms. The van der Waals surface area contributed by atoms with Gasteiger partial charge in [-0.2, -0.15) is 0 Å². The molecule has 0 amide bonds. The van der Waals surface area contributed by atoms with Crippen molar-refractivity contribution in [1.82, 2.24) is 0 Å². The van der Waals surface area contributed by atoms with E-state index < -0.39 is 0 Å². The van der Waals surface area contributed by atoms with E-state index in [-0.39, 0.29) is 18.0 Å². The van der Waals surface area contributed by atoms with Crippen LogP contribution in [-0.4, -0.2) is 12.2 Å². The lowest BCUT2D eigenvalue weighted by molar-refractivity contribution is -0.0692. The van der Waals surface area contributed by atoms with E-state index in [4.69, 9.17) is 9.47 Å². The van der Waals surface area contributed by atoms with Crippen LogP contribution in [0.5, 0.6) is 5.75 Å². The van der Waals surface area contributed by atoms with Crippen LogP contribution < -0.4 is 4.74 Å². The minimum atomic E-state index is -0.288. The Hall–Kier alpha value is -1.87. The average Bonchev–Trinajstić information content (AvgIpc) is 2.44. The van der Waals surface area contributed by atoms with Gasteiger partial charge in [0.1, 0.15) is 6.10 Å². The van der Waals surface area contributed by atoms with E-state index >= 15 is 0 Å². The highest BCUT2D eigenvalue weighted by atomic mass is 19.1. The fraction of sp³-hybridized carbons (Fsp3) is 0.333. The van der Waals surface area contributed by atoms with Crippen molar-refractivity contribution in [3.63, 3.8) is 0 Å². The molecular formula is C18H19FO2. The molecule has 0 atom stereocenters. The van der Waals surface area contributed by atoms with Gasteiger partial charge in [0.05, 0.1) is 12.7 Å². The first-order chi connectivity index (χ1) is 10.2. The maximum atomic E-state index is 13.7. The van der Waals surface area contributed by atoms with Crippen LogP contribution in [0.4, 0.5) is 4.39 Å². The van der Waals surface area contributed by atoms with Gasteiger partial charge >= 0.3 is 0 Å². The first kappa shape index (κ1) is 14.1. The number of ether oxygens (including phenoxy) is 2. The van der Waals surface area contributed by atoms with Crippen molar-refractivity contribution in [2.45, 2.75) is 38.6 Å². The molecule has 110 valence electrons. The van der Waals surface area contributed by atoms with E-state index in [1.54, 1.807) is 6.07 Å². The van der Waals surface area contributed by atoms with Gasteiger partial charge in [0.2, 0.25) is 0 Å². The predicted molar refractivity (Wildman–Crippen MR) is 79.8 cm³/mol. The van der Waals surface area contributed by atoms with Crippen molar-refractivity contribution < 1.29 is 13.9 Å². The number of benzene rings is 2. The van der Waals surface area contributed by atoms with E-state index in [9.17, 15) is 4.39 Å². The van der Waals surface area contributed by atoms with E-state index in [1.807, 2.05) is 43.3 Å². The third-order valence-corrected chi connectivity index (χ3v) is 3.76. The molecule has 0 unspecified atom stereocenters. The Bertz CT molecular complexity index is 591. The quantitative estimate of drug-likeness (QED) is 0.817. The summed E-state index contributed by atoms with van der Waals surface area (Å²) < 4.78 is 25.2. The zero-order valence-corrected chi connectivity index (χ0v) is 12.1. The summed E-state index contributed by atoms with van der Waals surface area (Å²) in [6.45, 7) is 2.49. The van der Waals surface area contributed by atoms with Gasteiger partial charge in [-0.25, -0.2) is 4.39 Å². The Labute approximate surface area is 124 Å². The molecule has 1 aliphatic carbocycles. The summed E-state index contributed by atoms with van der Waals surface area (Å²) in [5.41, 5.74) is 2.07. The largest absolute Gasteiger partial charge is 0.487 e. The molecule has 0 radical (unpaired) electrons. The van der Waals surface area contributed by atoms with Gasteiger partial charge in [-0.05, 0) is 30.2 Å². The number of rotatable bonds is 5. The molecule has 2 nitrogen and oxygen atoms in total. The van der Waals surface area contributed by atoms with Crippen molar-refractivity contribution in [1.29, 1.82) is 0 Å². The van der Waals surface area contributed by atoms with Crippen molar-refractivity contribution in [3.05, 3.63) is 65.5 Å². The number of hydrogen-bond acceptors (Lipinski definition) is 2. The van der Waals surface area contributed by atoms with Crippen molar-refractivity contribution in [2.75, 3.05) is 0 Å². The highest BCUT2D eigenvalue weighted by Crippen LogP contribution is 2.30. The Morgan fingerprint density at radius 2 is 1.81 bits per heavy atom. The molecule has 0 spiro atoms. The Kier molecular flexibility index (Phi) is 4.20. The minimum absolute atomic E-state index is 0.0583. The lowest BCUT2D eigenvalue weighted by Gasteiger charge is -2.35. The van der Waals surface area contributed by atoms with E-state index in [0.717, 1.165) is 18.4 Å². The van der Waals surface area contributed by atoms with Crippen molar-refractivity contribution in [3.8, 4) is 5.75 Å². The molecule has 0 heterocycles. The molecule has 1 aliphatic rings. The van der Waals surface area contributed by atoms with Gasteiger partial charge in [-0.15, -0.1) is 0 Å². The average molecular weight is 286 g/mol. The van der Waals surface area contributed by atoms with Crippen molar-refractivity contribution >= 4 is 0 Å². The maximum Gasteiger partial charge on any atom is 0.165 e. The second kappa shape index (κ2) is 6.27. The highest BCUT2D eigenvalue weighted by molar-refractivity contribution is 5.29. The number of hydrogen-bond donors (Lipinski definition) is 0. The van der Waals surface area contributed by atoms with Gasteiger partial charge in [0.15, 0.2) is 11.6 Å². The second-order valence-corrected chi connectivity index (χ2v) is 5.56. The second-order valence-electron chi connectivity index (χ2n) is 5.56. The summed E-state index contributed by atoms with van der Waals surface area (Å²) in [5, 5.41) is 0. The molecule has 2 aromatic carbocycles. The van der Waals surface area contributed by atoms with Crippen LogP contribution in [0.25, 0.3) is 0 Å². The fourth-order valence-electron chi connectivity index (χ4n) is 2.42. The summed E-state index contributed by atoms with van der Waals surface area (Å²) in [6.07, 6.45) is 1.91. The summed E-state index contributed by atoms with van der Waals surface area (Å²) in [6, 6.07) is 15.2. The normalized spacial score (nSPS) is 20.9. The van der Waals surface area contributed by atoms with Crippen LogP contribution in [0, 0.1) is 12.7 Å². The molecule has 0 N–H and O–H groups in total. The first-order valence-corrected chi connectivity index (χ1v) is 7.29. The zero-order chi connectivity index (χ0) is 14.7. The standard InChI is InChI=1S/C18H19FO2/c1-13-7-8-18(17(19)9-13)21-16-10-15(11-16)20-12-14-5-3-2-4-6-14/h2-9,15-16H,10-12H2,1H3. The molecule has 0 bridgehead atoms. The van der Waals surface area contributed by atoms with Crippen molar-refractivity contribution in [2.24, 2.45) is 0 Å². The number of aryl methyl sites for hydroxylation is 1. The summed E-state index contributed by atoms with van der Waals surface area (Å²) >= 11 is 0.